The van der Waals surface area contributed by atoms with Crippen molar-refractivity contribution in [1.29, 1.82) is 0 Å². The van der Waals surface area contributed by atoms with Crippen LogP contribution in [0.4, 0.5) is 0 Å². The second-order valence-corrected chi connectivity index (χ2v) is 3.08. The first kappa shape index (κ1) is 43.0. The van der Waals surface area contributed by atoms with Gasteiger partial charge in [-0.3, -0.25) is 0 Å². The molecule has 0 aliphatic rings. The average Bonchev–Trinajstić information content (AvgIpc) is 1.12. The van der Waals surface area contributed by atoms with Gasteiger partial charge in [-0.2, -0.15) is 0 Å². The Morgan fingerprint density at radius 3 is 0.600 bits per heavy atom. The smallest absolute Gasteiger partial charge is 0 e. The van der Waals surface area contributed by atoms with E-state index in [-0.39, 0.29) is 87.1 Å². The second-order valence-electron chi connectivity index (χ2n) is 1.03. The van der Waals surface area contributed by atoms with Crippen LogP contribution in [0.3, 0.4) is 0 Å². The van der Waals surface area contributed by atoms with Gasteiger partial charge in [0.05, 0.1) is 0 Å². The zero-order valence-corrected chi connectivity index (χ0v) is 12.2. The van der Waals surface area contributed by atoms with Crippen LogP contribution in [0.15, 0.2) is 0 Å². The monoisotopic (exact) mass is 426 g/mol. The van der Waals surface area contributed by atoms with Gasteiger partial charge in [-0.05, 0) is 0 Å². The van der Waals surface area contributed by atoms with Gasteiger partial charge in [0.25, 0.3) is 0 Å². The fourth-order valence-corrected chi connectivity index (χ4v) is 0. The molecule has 8 nitrogen and oxygen atoms in total. The summed E-state index contributed by atoms with van der Waals surface area (Å²) in [4.78, 5) is 43.1. The molecule has 15 heavy (non-hydrogen) atoms. The van der Waals surface area contributed by atoms with Crippen LogP contribution in [0.1, 0.15) is 0 Å². The van der Waals surface area contributed by atoms with Crippen molar-refractivity contribution in [3.63, 3.8) is 0 Å². The minimum atomic E-state index is -4.64. The van der Waals surface area contributed by atoms with Crippen molar-refractivity contribution in [2.24, 2.45) is 0 Å². The number of rotatable bonds is 0. The minimum absolute atomic E-state index is 0. The van der Waals surface area contributed by atoms with Gasteiger partial charge in [-0.25, -0.2) is 9.13 Å². The predicted molar refractivity (Wildman–Crippen MR) is 35.7 cm³/mol. The number of phosphoric acid groups is 2. The third kappa shape index (κ3) is 447. The Labute approximate surface area is 140 Å². The van der Waals surface area contributed by atoms with Crippen LogP contribution in [0.5, 0.6) is 0 Å². The fourth-order valence-electron chi connectivity index (χ4n) is 0. The molecule has 0 aromatic carbocycles. The summed E-state index contributed by atoms with van der Waals surface area (Å²) in [5.41, 5.74) is 0. The van der Waals surface area contributed by atoms with E-state index in [0.29, 0.717) is 0 Å². The van der Waals surface area contributed by atoms with Gasteiger partial charge in [0.1, 0.15) is 0 Å². The first-order valence-electron chi connectivity index (χ1n) is 1.57. The molecule has 2 radical (unpaired) electrons. The van der Waals surface area contributed by atoms with E-state index >= 15 is 0 Å². The van der Waals surface area contributed by atoms with Crippen LogP contribution in [-0.2, 0) is 77.4 Å². The summed E-state index contributed by atoms with van der Waals surface area (Å²) in [6.45, 7) is 0. The molecule has 0 saturated heterocycles. The van der Waals surface area contributed by atoms with E-state index in [4.69, 9.17) is 38.5 Å². The SMILES string of the molecule is O=P(O)(O)O.O=P(O)(O)O.[Fe].[Fe].[LiH].[Mn].[Mn]. The molecule has 0 rings (SSSR count). The van der Waals surface area contributed by atoms with Gasteiger partial charge in [0, 0.05) is 68.3 Å². The zero-order valence-electron chi connectivity index (χ0n) is 5.86. The standard InChI is InChI=1S/2Fe.Li.2Mn.2H3O4P.H/c;;;;;2*1-5(2,3)4;/h;;;;;2*(H3,1,2,3,4);. The molecule has 0 heterocycles. The van der Waals surface area contributed by atoms with Crippen molar-refractivity contribution < 1.29 is 107 Å². The Kier molecular flexibility index (Phi) is 55.2. The van der Waals surface area contributed by atoms with E-state index in [1.165, 1.54) is 0 Å². The summed E-state index contributed by atoms with van der Waals surface area (Å²) in [5.74, 6) is 0. The molecule has 0 aromatic heterocycles. The first-order chi connectivity index (χ1) is 4.00. The van der Waals surface area contributed by atoms with E-state index in [2.05, 4.69) is 0 Å². The Bertz CT molecular complexity index is 141. The maximum Gasteiger partial charge on any atom is 0 e. The summed E-state index contributed by atoms with van der Waals surface area (Å²) in [7, 11) is -9.28. The molecule has 0 spiro atoms. The maximum absolute atomic E-state index is 8.88. The molecule has 0 bridgehead atoms. The van der Waals surface area contributed by atoms with Gasteiger partial charge in [0.2, 0.25) is 0 Å². The van der Waals surface area contributed by atoms with E-state index in [9.17, 15) is 0 Å². The van der Waals surface area contributed by atoms with Gasteiger partial charge in [-0.1, -0.05) is 0 Å². The Morgan fingerprint density at radius 2 is 0.600 bits per heavy atom. The Morgan fingerprint density at radius 1 is 0.600 bits per heavy atom. The van der Waals surface area contributed by atoms with Crippen LogP contribution in [0.2, 0.25) is 0 Å². The molecule has 15 heteroatoms. The van der Waals surface area contributed by atoms with Gasteiger partial charge in [0.15, 0.2) is 0 Å². The van der Waals surface area contributed by atoms with Crippen molar-refractivity contribution in [3.8, 4) is 0 Å². The molecule has 0 aliphatic heterocycles. The van der Waals surface area contributed by atoms with Crippen LogP contribution < -0.4 is 0 Å². The summed E-state index contributed by atoms with van der Waals surface area (Å²) in [5, 5.41) is 0. The van der Waals surface area contributed by atoms with Crippen LogP contribution in [0, 0.1) is 0 Å². The first-order valence-corrected chi connectivity index (χ1v) is 4.70. The second kappa shape index (κ2) is 19.2. The molecular weight excluding hydrogens is 418 g/mol. The minimum Gasteiger partial charge on any atom is 0 e. The Hall–Kier alpha value is 2.90. The normalized spacial score (nSPS) is 7.87. The fraction of sp³-hybridized carbons (Fsp3) is 0. The third-order valence-electron chi connectivity index (χ3n) is 0. The molecule has 0 aromatic rings. The zero-order chi connectivity index (χ0) is 9.00. The van der Waals surface area contributed by atoms with Gasteiger partial charge < -0.3 is 29.4 Å². The van der Waals surface area contributed by atoms with E-state index < -0.39 is 15.6 Å². The summed E-state index contributed by atoms with van der Waals surface area (Å²) >= 11 is 0. The molecule has 0 amide bonds. The van der Waals surface area contributed by atoms with Crippen molar-refractivity contribution in [1.82, 2.24) is 0 Å². The molecular formula is H7Fe2LiMn2O8P2. The largest absolute Gasteiger partial charge is 0 e. The predicted octanol–water partition coefficient (Wildman–Crippen LogP) is -2.52. The average molecular weight is 426 g/mol. The topological polar surface area (TPSA) is 156 Å². The van der Waals surface area contributed by atoms with Crippen molar-refractivity contribution in [3.05, 3.63) is 0 Å². The molecule has 6 N–H and O–H groups in total. The van der Waals surface area contributed by atoms with Crippen LogP contribution in [-0.4, -0.2) is 48.2 Å². The molecule has 96 valence electrons. The van der Waals surface area contributed by atoms with E-state index in [1.807, 2.05) is 0 Å². The third-order valence-corrected chi connectivity index (χ3v) is 0. The summed E-state index contributed by atoms with van der Waals surface area (Å²) in [6.07, 6.45) is 0. The van der Waals surface area contributed by atoms with Gasteiger partial charge >= 0.3 is 34.5 Å². The molecule has 0 fully saturated rings. The summed E-state index contributed by atoms with van der Waals surface area (Å²) in [6, 6.07) is 0. The molecule has 0 aliphatic carbocycles. The Balaban J connectivity index is -0.0000000128. The van der Waals surface area contributed by atoms with Gasteiger partial charge in [-0.15, -0.1) is 0 Å². The molecule has 0 saturated carbocycles. The summed E-state index contributed by atoms with van der Waals surface area (Å²) < 4.78 is 17.8. The van der Waals surface area contributed by atoms with Crippen molar-refractivity contribution >= 4 is 34.5 Å². The van der Waals surface area contributed by atoms with Crippen LogP contribution >= 0.6 is 15.6 Å². The van der Waals surface area contributed by atoms with E-state index in [1.54, 1.807) is 0 Å². The quantitative estimate of drug-likeness (QED) is 0.184. The number of hydrogen-bond donors (Lipinski definition) is 6. The molecule has 0 unspecified atom stereocenters. The van der Waals surface area contributed by atoms with Crippen LogP contribution in [0.25, 0.3) is 0 Å². The van der Waals surface area contributed by atoms with E-state index in [0.717, 1.165) is 0 Å². The number of hydrogen-bond acceptors (Lipinski definition) is 2. The van der Waals surface area contributed by atoms with Crippen molar-refractivity contribution in [2.45, 2.75) is 0 Å². The maximum atomic E-state index is 8.88. The van der Waals surface area contributed by atoms with Crippen molar-refractivity contribution in [2.75, 3.05) is 0 Å². The molecule has 0 atom stereocenters.